The molecule has 1 aliphatic heterocycles. The van der Waals surface area contributed by atoms with Crippen LogP contribution in [0, 0.1) is 0 Å². The van der Waals surface area contributed by atoms with E-state index in [1.54, 1.807) is 0 Å². The lowest BCUT2D eigenvalue weighted by atomic mass is 10.0. The monoisotopic (exact) mass is 333 g/mol. The number of halogens is 1. The molecule has 1 fully saturated rings. The van der Waals surface area contributed by atoms with Gasteiger partial charge >= 0.3 is 0 Å². The van der Waals surface area contributed by atoms with Gasteiger partial charge in [-0.2, -0.15) is 0 Å². The van der Waals surface area contributed by atoms with Gasteiger partial charge in [0.15, 0.2) is 0 Å². The number of hydrogen-bond donors (Lipinski definition) is 1. The van der Waals surface area contributed by atoms with Crippen molar-refractivity contribution in [3.05, 3.63) is 46.7 Å². The lowest BCUT2D eigenvalue weighted by molar-refractivity contribution is 0.152. The second kappa shape index (κ2) is 6.59. The van der Waals surface area contributed by atoms with Crippen LogP contribution in [0.1, 0.15) is 38.1 Å². The summed E-state index contributed by atoms with van der Waals surface area (Å²) in [5, 5.41) is 12.9. The molecule has 0 spiro atoms. The van der Waals surface area contributed by atoms with Crippen LogP contribution in [0.15, 0.2) is 30.5 Å². The Labute approximate surface area is 142 Å². The SMILES string of the molecule is CC(C)(C)n1cc(CN2CCNCC2c2ccccc2Cl)nn1. The lowest BCUT2D eigenvalue weighted by Crippen LogP contribution is -2.45. The number of hydrogen-bond acceptors (Lipinski definition) is 4. The second-order valence-corrected chi connectivity index (χ2v) is 7.44. The fourth-order valence-corrected chi connectivity index (χ4v) is 3.16. The summed E-state index contributed by atoms with van der Waals surface area (Å²) in [6.07, 6.45) is 2.05. The Morgan fingerprint density at radius 2 is 2.09 bits per heavy atom. The van der Waals surface area contributed by atoms with Gasteiger partial charge in [-0.05, 0) is 32.4 Å². The maximum Gasteiger partial charge on any atom is 0.0967 e. The van der Waals surface area contributed by atoms with Crippen LogP contribution in [0.25, 0.3) is 0 Å². The first-order valence-corrected chi connectivity index (χ1v) is 8.44. The van der Waals surface area contributed by atoms with E-state index in [0.717, 1.165) is 36.9 Å². The molecule has 6 heteroatoms. The molecule has 1 aromatic carbocycles. The van der Waals surface area contributed by atoms with Crippen LogP contribution in [-0.2, 0) is 12.1 Å². The molecule has 1 aromatic heterocycles. The van der Waals surface area contributed by atoms with Gasteiger partial charge in [0, 0.05) is 37.2 Å². The molecule has 5 nitrogen and oxygen atoms in total. The maximum absolute atomic E-state index is 6.40. The fourth-order valence-electron chi connectivity index (χ4n) is 2.89. The van der Waals surface area contributed by atoms with E-state index in [9.17, 15) is 0 Å². The Kier molecular flexibility index (Phi) is 4.71. The maximum atomic E-state index is 6.40. The van der Waals surface area contributed by atoms with Crippen molar-refractivity contribution in [1.82, 2.24) is 25.2 Å². The standard InChI is InChI=1S/C17H24ClN5/c1-17(2,3)23-12-13(20-21-23)11-22-9-8-19-10-16(22)14-6-4-5-7-15(14)18/h4-7,12,16,19H,8-11H2,1-3H3. The zero-order chi connectivity index (χ0) is 16.4. The molecule has 0 saturated carbocycles. The molecule has 124 valence electrons. The third kappa shape index (κ3) is 3.74. The van der Waals surface area contributed by atoms with Gasteiger partial charge in [-0.25, -0.2) is 4.68 Å². The van der Waals surface area contributed by atoms with Gasteiger partial charge in [0.25, 0.3) is 0 Å². The molecule has 1 saturated heterocycles. The highest BCUT2D eigenvalue weighted by atomic mass is 35.5. The van der Waals surface area contributed by atoms with E-state index in [1.165, 1.54) is 5.56 Å². The van der Waals surface area contributed by atoms with Gasteiger partial charge in [-0.15, -0.1) is 5.10 Å². The Morgan fingerprint density at radius 3 is 2.78 bits per heavy atom. The molecular formula is C17H24ClN5. The van der Waals surface area contributed by atoms with Crippen molar-refractivity contribution in [3.8, 4) is 0 Å². The smallest absolute Gasteiger partial charge is 0.0967 e. The summed E-state index contributed by atoms with van der Waals surface area (Å²) >= 11 is 6.40. The van der Waals surface area contributed by atoms with Crippen LogP contribution in [0.3, 0.4) is 0 Å². The van der Waals surface area contributed by atoms with Crippen molar-refractivity contribution in [2.75, 3.05) is 19.6 Å². The van der Waals surface area contributed by atoms with E-state index in [4.69, 9.17) is 11.6 Å². The number of nitrogens with one attached hydrogen (secondary N) is 1. The summed E-state index contributed by atoms with van der Waals surface area (Å²) in [7, 11) is 0. The Bertz CT molecular complexity index is 661. The molecule has 0 amide bonds. The first-order valence-electron chi connectivity index (χ1n) is 8.06. The fraction of sp³-hybridized carbons (Fsp3) is 0.529. The highest BCUT2D eigenvalue weighted by molar-refractivity contribution is 6.31. The summed E-state index contributed by atoms with van der Waals surface area (Å²) in [5.74, 6) is 0. The average molecular weight is 334 g/mol. The van der Waals surface area contributed by atoms with Crippen molar-refractivity contribution in [3.63, 3.8) is 0 Å². The van der Waals surface area contributed by atoms with Crippen LogP contribution in [-0.4, -0.2) is 39.5 Å². The van der Waals surface area contributed by atoms with E-state index in [0.29, 0.717) is 0 Å². The first kappa shape index (κ1) is 16.4. The number of nitrogens with zero attached hydrogens (tertiary/aromatic N) is 4. The zero-order valence-electron chi connectivity index (χ0n) is 14.0. The van der Waals surface area contributed by atoms with Crippen molar-refractivity contribution in [2.24, 2.45) is 0 Å². The number of piperazine rings is 1. The molecule has 0 bridgehead atoms. The third-order valence-corrected chi connectivity index (χ3v) is 4.56. The van der Waals surface area contributed by atoms with Gasteiger partial charge in [0.1, 0.15) is 0 Å². The normalized spacial score (nSPS) is 19.9. The molecule has 0 radical (unpaired) electrons. The molecule has 1 unspecified atom stereocenters. The average Bonchev–Trinajstić information content (AvgIpc) is 2.97. The molecule has 1 atom stereocenters. The molecule has 1 aliphatic rings. The Morgan fingerprint density at radius 1 is 1.30 bits per heavy atom. The van der Waals surface area contributed by atoms with Crippen molar-refractivity contribution < 1.29 is 0 Å². The van der Waals surface area contributed by atoms with E-state index in [-0.39, 0.29) is 11.6 Å². The number of benzene rings is 1. The minimum Gasteiger partial charge on any atom is -0.314 e. The van der Waals surface area contributed by atoms with Crippen LogP contribution in [0.5, 0.6) is 0 Å². The van der Waals surface area contributed by atoms with Crippen LogP contribution in [0.2, 0.25) is 5.02 Å². The highest BCUT2D eigenvalue weighted by Gasteiger charge is 2.26. The largest absolute Gasteiger partial charge is 0.314 e. The minimum absolute atomic E-state index is 0.0448. The predicted molar refractivity (Wildman–Crippen MR) is 92.5 cm³/mol. The summed E-state index contributed by atoms with van der Waals surface area (Å²) in [4.78, 5) is 2.43. The van der Waals surface area contributed by atoms with Crippen molar-refractivity contribution in [1.29, 1.82) is 0 Å². The Balaban J connectivity index is 1.80. The van der Waals surface area contributed by atoms with Gasteiger partial charge in [0.2, 0.25) is 0 Å². The predicted octanol–water partition coefficient (Wildman–Crippen LogP) is 2.83. The summed E-state index contributed by atoms with van der Waals surface area (Å²) < 4.78 is 1.93. The number of rotatable bonds is 3. The second-order valence-electron chi connectivity index (χ2n) is 7.04. The molecular weight excluding hydrogens is 310 g/mol. The summed E-state index contributed by atoms with van der Waals surface area (Å²) in [6.45, 7) is 10.0. The van der Waals surface area contributed by atoms with Crippen LogP contribution < -0.4 is 5.32 Å². The summed E-state index contributed by atoms with van der Waals surface area (Å²) in [5.41, 5.74) is 2.13. The minimum atomic E-state index is -0.0448. The molecule has 2 aromatic rings. The van der Waals surface area contributed by atoms with E-state index < -0.39 is 0 Å². The van der Waals surface area contributed by atoms with Gasteiger partial charge in [-0.1, -0.05) is 35.0 Å². The van der Waals surface area contributed by atoms with E-state index in [2.05, 4.69) is 47.4 Å². The first-order chi connectivity index (χ1) is 10.9. The van der Waals surface area contributed by atoms with E-state index >= 15 is 0 Å². The van der Waals surface area contributed by atoms with Crippen molar-refractivity contribution in [2.45, 2.75) is 38.9 Å². The van der Waals surface area contributed by atoms with Gasteiger partial charge in [0.05, 0.1) is 17.4 Å². The van der Waals surface area contributed by atoms with Crippen LogP contribution in [0.4, 0.5) is 0 Å². The number of aromatic nitrogens is 3. The Hall–Kier alpha value is -1.43. The lowest BCUT2D eigenvalue weighted by Gasteiger charge is -2.36. The third-order valence-electron chi connectivity index (χ3n) is 4.21. The van der Waals surface area contributed by atoms with E-state index in [1.807, 2.05) is 29.1 Å². The summed E-state index contributed by atoms with van der Waals surface area (Å²) in [6, 6.07) is 8.35. The molecule has 2 heterocycles. The van der Waals surface area contributed by atoms with Gasteiger partial charge < -0.3 is 5.32 Å². The van der Waals surface area contributed by atoms with Crippen LogP contribution >= 0.6 is 11.6 Å². The molecule has 1 N–H and O–H groups in total. The molecule has 23 heavy (non-hydrogen) atoms. The highest BCUT2D eigenvalue weighted by Crippen LogP contribution is 2.29. The molecule has 3 rings (SSSR count). The zero-order valence-corrected chi connectivity index (χ0v) is 14.7. The van der Waals surface area contributed by atoms with Gasteiger partial charge in [-0.3, -0.25) is 4.90 Å². The van der Waals surface area contributed by atoms with Crippen molar-refractivity contribution >= 4 is 11.6 Å². The quantitative estimate of drug-likeness (QED) is 0.938. The topological polar surface area (TPSA) is 46.0 Å². The molecule has 0 aliphatic carbocycles.